The maximum absolute atomic E-state index is 9.98. The minimum absolute atomic E-state index is 0.111. The Morgan fingerprint density at radius 2 is 2.67 bits per heavy atom. The molecule has 0 amide bonds. The monoisotopic (exact) mass is 143 g/mol. The van der Waals surface area contributed by atoms with Crippen molar-refractivity contribution >= 4 is 17.5 Å². The van der Waals surface area contributed by atoms with Crippen LogP contribution in [0.4, 0.5) is 0 Å². The number of aromatic nitrogens is 2. The number of aliphatic carboxylic acids is 1. The first kappa shape index (κ1) is 6.15. The lowest BCUT2D eigenvalue weighted by molar-refractivity contribution is -0.136. The van der Waals surface area contributed by atoms with Gasteiger partial charge in [-0.1, -0.05) is 0 Å². The Labute approximate surface area is 55.3 Å². The van der Waals surface area contributed by atoms with Gasteiger partial charge in [0.05, 0.1) is 0 Å². The molecule has 0 aromatic carbocycles. The molecule has 1 aromatic heterocycles. The minimum atomic E-state index is -0.915. The molecule has 1 heterocycles. The summed E-state index contributed by atoms with van der Waals surface area (Å²) in [5, 5.41) is 8.20. The van der Waals surface area contributed by atoms with Crippen LogP contribution >= 0.6 is 11.5 Å². The molecule has 0 saturated carbocycles. The first-order valence-corrected chi connectivity index (χ1v) is 2.97. The molecule has 5 heteroatoms. The van der Waals surface area contributed by atoms with Gasteiger partial charge in [0.2, 0.25) is 0 Å². The third-order valence-electron chi connectivity index (χ3n) is 0.676. The van der Waals surface area contributed by atoms with E-state index < -0.39 is 5.97 Å². The zero-order chi connectivity index (χ0) is 6.69. The predicted octanol–water partition coefficient (Wildman–Crippen LogP) is -0.0346. The van der Waals surface area contributed by atoms with Gasteiger partial charge in [0.1, 0.15) is 6.42 Å². The highest BCUT2D eigenvalue weighted by Crippen LogP contribution is 1.92. The van der Waals surface area contributed by atoms with E-state index in [0.29, 0.717) is 5.82 Å². The Kier molecular flexibility index (Phi) is 1.74. The maximum Gasteiger partial charge on any atom is 0.311 e. The second-order valence-electron chi connectivity index (χ2n) is 1.37. The molecular weight excluding hydrogens is 140 g/mol. The largest absolute Gasteiger partial charge is 0.481 e. The number of carbonyl (C=O) groups is 1. The lowest BCUT2D eigenvalue weighted by Crippen LogP contribution is -2.00. The molecule has 1 N–H and O–H groups in total. The molecule has 1 aromatic rings. The molecule has 0 spiro atoms. The topological polar surface area (TPSA) is 63.1 Å². The van der Waals surface area contributed by atoms with Crippen molar-refractivity contribution in [1.29, 1.82) is 0 Å². The summed E-state index contributed by atoms with van der Waals surface area (Å²) in [5.41, 5.74) is 2.45. The van der Waals surface area contributed by atoms with Gasteiger partial charge in [0.15, 0.2) is 11.3 Å². The van der Waals surface area contributed by atoms with Crippen LogP contribution in [0.15, 0.2) is 0 Å². The summed E-state index contributed by atoms with van der Waals surface area (Å²) in [5.74, 6) is -0.589. The van der Waals surface area contributed by atoms with Gasteiger partial charge in [-0.05, 0) is 11.5 Å². The van der Waals surface area contributed by atoms with E-state index in [4.69, 9.17) is 5.11 Å². The summed E-state index contributed by atoms with van der Waals surface area (Å²) < 4.78 is 3.65. The highest BCUT2D eigenvalue weighted by atomic mass is 32.1. The van der Waals surface area contributed by atoms with Crippen LogP contribution in [0.3, 0.4) is 0 Å². The third-order valence-corrected chi connectivity index (χ3v) is 1.15. The molecule has 9 heavy (non-hydrogen) atoms. The van der Waals surface area contributed by atoms with Crippen LogP contribution in [0.25, 0.3) is 0 Å². The lowest BCUT2D eigenvalue weighted by Gasteiger charge is -1.82. The van der Waals surface area contributed by atoms with E-state index in [1.807, 2.05) is 0 Å². The molecule has 0 unspecified atom stereocenters. The Morgan fingerprint density at radius 3 is 3.11 bits per heavy atom. The molecule has 47 valence electrons. The number of carboxylic acid groups (broad SMARTS) is 1. The fourth-order valence-corrected chi connectivity index (χ4v) is 0.771. The smallest absolute Gasteiger partial charge is 0.311 e. The zero-order valence-corrected chi connectivity index (χ0v) is 5.18. The Morgan fingerprint density at radius 1 is 1.89 bits per heavy atom. The van der Waals surface area contributed by atoms with Crippen LogP contribution in [-0.4, -0.2) is 20.4 Å². The first-order valence-electron chi connectivity index (χ1n) is 2.19. The van der Waals surface area contributed by atoms with Crippen molar-refractivity contribution in [2.75, 3.05) is 0 Å². The van der Waals surface area contributed by atoms with E-state index in [0.717, 1.165) is 11.5 Å². The second-order valence-corrected chi connectivity index (χ2v) is 1.92. The molecule has 4 nitrogen and oxygen atoms in total. The van der Waals surface area contributed by atoms with E-state index in [-0.39, 0.29) is 6.42 Å². The number of rotatable bonds is 2. The molecular formula is C4H3N2O2S. The number of hydrogen-bond acceptors (Lipinski definition) is 4. The number of hydrogen-bond donors (Lipinski definition) is 1. The van der Waals surface area contributed by atoms with Gasteiger partial charge in [-0.15, -0.1) is 0 Å². The van der Waals surface area contributed by atoms with E-state index >= 15 is 0 Å². The Bertz CT molecular complexity index is 196. The SMILES string of the molecule is O=C(O)Cc1n[c]sn1. The zero-order valence-electron chi connectivity index (χ0n) is 4.37. The summed E-state index contributed by atoms with van der Waals surface area (Å²) in [7, 11) is 0. The molecule has 0 aliphatic carbocycles. The standard InChI is InChI=1S/C4H3N2O2S/c7-4(8)1-3-5-2-9-6-3/h1H2,(H,7,8). The van der Waals surface area contributed by atoms with Crippen LogP contribution < -0.4 is 0 Å². The van der Waals surface area contributed by atoms with Crippen molar-refractivity contribution < 1.29 is 9.90 Å². The molecule has 0 fully saturated rings. The van der Waals surface area contributed by atoms with E-state index in [9.17, 15) is 4.79 Å². The van der Waals surface area contributed by atoms with Crippen molar-refractivity contribution in [2.45, 2.75) is 6.42 Å². The van der Waals surface area contributed by atoms with E-state index in [1.165, 1.54) is 0 Å². The molecule has 0 atom stereocenters. The summed E-state index contributed by atoms with van der Waals surface area (Å²) in [6.45, 7) is 0. The minimum Gasteiger partial charge on any atom is -0.481 e. The van der Waals surface area contributed by atoms with Gasteiger partial charge >= 0.3 is 5.97 Å². The van der Waals surface area contributed by atoms with Gasteiger partial charge in [-0.2, -0.15) is 4.37 Å². The molecule has 0 saturated heterocycles. The van der Waals surface area contributed by atoms with Crippen molar-refractivity contribution in [3.8, 4) is 0 Å². The van der Waals surface area contributed by atoms with Crippen LogP contribution in [0, 0.1) is 5.51 Å². The molecule has 0 aliphatic heterocycles. The molecule has 0 aliphatic rings. The maximum atomic E-state index is 9.98. The van der Waals surface area contributed by atoms with Crippen LogP contribution in [-0.2, 0) is 11.2 Å². The first-order chi connectivity index (χ1) is 4.29. The van der Waals surface area contributed by atoms with Crippen molar-refractivity contribution in [2.24, 2.45) is 0 Å². The van der Waals surface area contributed by atoms with Gasteiger partial charge in [-0.25, -0.2) is 4.98 Å². The van der Waals surface area contributed by atoms with Crippen LogP contribution in [0.5, 0.6) is 0 Å². The summed E-state index contributed by atoms with van der Waals surface area (Å²) >= 11 is 1.03. The second kappa shape index (κ2) is 2.54. The average molecular weight is 143 g/mol. The normalized spacial score (nSPS) is 9.33. The van der Waals surface area contributed by atoms with Crippen LogP contribution in [0.2, 0.25) is 0 Å². The molecule has 0 bridgehead atoms. The van der Waals surface area contributed by atoms with E-state index in [2.05, 4.69) is 14.9 Å². The third kappa shape index (κ3) is 1.77. The molecule has 1 rings (SSSR count). The summed E-state index contributed by atoms with van der Waals surface area (Å²) in [6.07, 6.45) is -0.111. The van der Waals surface area contributed by atoms with Crippen molar-refractivity contribution in [3.05, 3.63) is 11.3 Å². The Balaban J connectivity index is 2.58. The fourth-order valence-electron chi connectivity index (χ4n) is 0.374. The predicted molar refractivity (Wildman–Crippen MR) is 30.1 cm³/mol. The van der Waals surface area contributed by atoms with Gasteiger partial charge < -0.3 is 5.11 Å². The number of carboxylic acids is 1. The fraction of sp³-hybridized carbons (Fsp3) is 0.250. The van der Waals surface area contributed by atoms with Gasteiger partial charge in [0, 0.05) is 0 Å². The Hall–Kier alpha value is -0.970. The number of nitrogens with zero attached hydrogens (tertiary/aromatic N) is 2. The lowest BCUT2D eigenvalue weighted by atomic mass is 10.4. The van der Waals surface area contributed by atoms with Gasteiger partial charge in [0.25, 0.3) is 0 Å². The van der Waals surface area contributed by atoms with E-state index in [1.54, 1.807) is 0 Å². The quantitative estimate of drug-likeness (QED) is 0.631. The van der Waals surface area contributed by atoms with Crippen LogP contribution in [0.1, 0.15) is 5.82 Å². The summed E-state index contributed by atoms with van der Waals surface area (Å²) in [6, 6.07) is 0. The van der Waals surface area contributed by atoms with Gasteiger partial charge in [-0.3, -0.25) is 4.79 Å². The highest BCUT2D eigenvalue weighted by molar-refractivity contribution is 7.02. The average Bonchev–Trinajstić information content (AvgIpc) is 2.15. The van der Waals surface area contributed by atoms with Crippen molar-refractivity contribution in [1.82, 2.24) is 9.36 Å². The molecule has 1 radical (unpaired) electrons. The van der Waals surface area contributed by atoms with Crippen molar-refractivity contribution in [3.63, 3.8) is 0 Å². The summed E-state index contributed by atoms with van der Waals surface area (Å²) in [4.78, 5) is 13.5. The highest BCUT2D eigenvalue weighted by Gasteiger charge is 2.01.